The van der Waals surface area contributed by atoms with Crippen molar-refractivity contribution in [1.82, 2.24) is 15.2 Å². The second kappa shape index (κ2) is 7.79. The van der Waals surface area contributed by atoms with E-state index >= 15 is 0 Å². The molecule has 1 saturated heterocycles. The van der Waals surface area contributed by atoms with Crippen molar-refractivity contribution in [3.05, 3.63) is 59.8 Å². The monoisotopic (exact) mass is 338 g/mol. The maximum atomic E-state index is 12.3. The highest BCUT2D eigenvalue weighted by molar-refractivity contribution is 6.35. The molecule has 3 rings (SSSR count). The molecule has 2 heterocycles. The lowest BCUT2D eigenvalue weighted by Gasteiger charge is -2.35. The molecule has 0 saturated carbocycles. The molecule has 1 aromatic carbocycles. The van der Waals surface area contributed by atoms with Crippen LogP contribution in [-0.2, 0) is 16.1 Å². The molecule has 6 heteroatoms. The molecule has 1 aromatic heterocycles. The molecular weight excluding hydrogens is 316 g/mol. The third kappa shape index (κ3) is 4.35. The van der Waals surface area contributed by atoms with Crippen molar-refractivity contribution in [2.24, 2.45) is 0 Å². The van der Waals surface area contributed by atoms with Crippen LogP contribution >= 0.6 is 0 Å². The van der Waals surface area contributed by atoms with E-state index in [0.717, 1.165) is 16.9 Å². The van der Waals surface area contributed by atoms with Crippen molar-refractivity contribution in [3.8, 4) is 0 Å². The van der Waals surface area contributed by atoms with Crippen LogP contribution < -0.4 is 10.2 Å². The van der Waals surface area contributed by atoms with Crippen molar-refractivity contribution in [1.29, 1.82) is 0 Å². The van der Waals surface area contributed by atoms with Crippen molar-refractivity contribution < 1.29 is 9.59 Å². The van der Waals surface area contributed by atoms with Crippen LogP contribution in [0.25, 0.3) is 0 Å². The molecule has 1 aliphatic rings. The molecule has 1 fully saturated rings. The maximum Gasteiger partial charge on any atom is 0.312 e. The van der Waals surface area contributed by atoms with Gasteiger partial charge in [-0.1, -0.05) is 35.9 Å². The van der Waals surface area contributed by atoms with Gasteiger partial charge in [-0.2, -0.15) is 0 Å². The number of benzene rings is 1. The fourth-order valence-electron chi connectivity index (χ4n) is 2.79. The summed E-state index contributed by atoms with van der Waals surface area (Å²) in [5.41, 5.74) is 2.14. The summed E-state index contributed by atoms with van der Waals surface area (Å²) >= 11 is 0. The topological polar surface area (TPSA) is 65.5 Å². The summed E-state index contributed by atoms with van der Waals surface area (Å²) in [5, 5.41) is 2.70. The number of pyridine rings is 1. The van der Waals surface area contributed by atoms with Gasteiger partial charge in [-0.3, -0.25) is 9.59 Å². The summed E-state index contributed by atoms with van der Waals surface area (Å²) in [7, 11) is 0. The third-order valence-electron chi connectivity index (χ3n) is 4.31. The Labute approximate surface area is 147 Å². The number of hydrogen-bond acceptors (Lipinski definition) is 4. The van der Waals surface area contributed by atoms with E-state index in [4.69, 9.17) is 0 Å². The number of nitrogens with zero attached hydrogens (tertiary/aromatic N) is 3. The summed E-state index contributed by atoms with van der Waals surface area (Å²) < 4.78 is 0. The molecule has 0 radical (unpaired) electrons. The quantitative estimate of drug-likeness (QED) is 0.858. The minimum Gasteiger partial charge on any atom is -0.353 e. The molecule has 2 aromatic rings. The predicted octanol–water partition coefficient (Wildman–Crippen LogP) is 1.36. The third-order valence-corrected chi connectivity index (χ3v) is 4.31. The fourth-order valence-corrected chi connectivity index (χ4v) is 2.79. The molecule has 2 amide bonds. The Bertz CT molecular complexity index is 723. The first-order valence-electron chi connectivity index (χ1n) is 8.42. The van der Waals surface area contributed by atoms with Crippen LogP contribution in [0.1, 0.15) is 11.1 Å². The van der Waals surface area contributed by atoms with Crippen molar-refractivity contribution in [2.75, 3.05) is 31.1 Å². The molecule has 0 atom stereocenters. The summed E-state index contributed by atoms with van der Waals surface area (Å²) in [6, 6.07) is 13.6. The van der Waals surface area contributed by atoms with Gasteiger partial charge in [0.2, 0.25) is 0 Å². The number of anilines is 1. The second-order valence-corrected chi connectivity index (χ2v) is 6.14. The first-order valence-corrected chi connectivity index (χ1v) is 8.42. The SMILES string of the molecule is Cc1ccc(CNC(=O)C(=O)N2CCN(c3ccccn3)CC2)cc1. The predicted molar refractivity (Wildman–Crippen MR) is 96.1 cm³/mol. The number of carbonyl (C=O) groups excluding carboxylic acids is 2. The Morgan fingerprint density at radius 2 is 1.76 bits per heavy atom. The zero-order valence-corrected chi connectivity index (χ0v) is 14.3. The number of carbonyl (C=O) groups is 2. The Balaban J connectivity index is 1.48. The molecule has 130 valence electrons. The van der Waals surface area contributed by atoms with Crippen LogP contribution in [0.15, 0.2) is 48.7 Å². The number of piperazine rings is 1. The van der Waals surface area contributed by atoms with Gasteiger partial charge in [0.1, 0.15) is 5.82 Å². The van der Waals surface area contributed by atoms with Gasteiger partial charge in [0.05, 0.1) is 0 Å². The molecule has 0 spiro atoms. The standard InChI is InChI=1S/C19H22N4O2/c1-15-5-7-16(8-6-15)14-21-18(24)19(25)23-12-10-22(11-13-23)17-4-2-3-9-20-17/h2-9H,10-14H2,1H3,(H,21,24). The minimum absolute atomic E-state index is 0.360. The van der Waals surface area contributed by atoms with E-state index in [9.17, 15) is 9.59 Å². The Morgan fingerprint density at radius 1 is 1.04 bits per heavy atom. The van der Waals surface area contributed by atoms with Crippen LogP contribution in [0.5, 0.6) is 0 Å². The van der Waals surface area contributed by atoms with E-state index < -0.39 is 11.8 Å². The summed E-state index contributed by atoms with van der Waals surface area (Å²) in [4.78, 5) is 32.4. The number of rotatable bonds is 3. The van der Waals surface area contributed by atoms with Crippen molar-refractivity contribution in [2.45, 2.75) is 13.5 Å². The molecule has 0 aliphatic carbocycles. The van der Waals surface area contributed by atoms with Gasteiger partial charge in [-0.25, -0.2) is 4.98 Å². The smallest absolute Gasteiger partial charge is 0.312 e. The number of amides is 2. The molecule has 25 heavy (non-hydrogen) atoms. The molecule has 6 nitrogen and oxygen atoms in total. The van der Waals surface area contributed by atoms with Gasteiger partial charge in [-0.15, -0.1) is 0 Å². The highest BCUT2D eigenvalue weighted by Crippen LogP contribution is 2.12. The van der Waals surface area contributed by atoms with E-state index in [1.54, 1.807) is 11.1 Å². The van der Waals surface area contributed by atoms with Crippen LogP contribution in [0.2, 0.25) is 0 Å². The lowest BCUT2D eigenvalue weighted by atomic mass is 10.1. The molecule has 1 aliphatic heterocycles. The minimum atomic E-state index is -0.549. The van der Waals surface area contributed by atoms with Crippen LogP contribution in [0.4, 0.5) is 5.82 Å². The number of hydrogen-bond donors (Lipinski definition) is 1. The lowest BCUT2D eigenvalue weighted by Crippen LogP contribution is -2.52. The van der Waals surface area contributed by atoms with E-state index in [0.29, 0.717) is 32.7 Å². The average molecular weight is 338 g/mol. The molecule has 1 N–H and O–H groups in total. The van der Waals surface area contributed by atoms with Gasteiger partial charge in [0, 0.05) is 38.9 Å². The van der Waals surface area contributed by atoms with Gasteiger partial charge >= 0.3 is 11.8 Å². The highest BCUT2D eigenvalue weighted by atomic mass is 16.2. The number of aryl methyl sites for hydroxylation is 1. The first kappa shape index (κ1) is 17.0. The van der Waals surface area contributed by atoms with Crippen molar-refractivity contribution >= 4 is 17.6 Å². The van der Waals surface area contributed by atoms with Gasteiger partial charge in [-0.05, 0) is 24.6 Å². The number of nitrogens with one attached hydrogen (secondary N) is 1. The van der Waals surface area contributed by atoms with Crippen LogP contribution in [0.3, 0.4) is 0 Å². The van der Waals surface area contributed by atoms with E-state index in [-0.39, 0.29) is 0 Å². The average Bonchev–Trinajstić information content (AvgIpc) is 2.67. The molecule has 0 unspecified atom stereocenters. The Hall–Kier alpha value is -2.89. The van der Waals surface area contributed by atoms with Crippen LogP contribution in [0, 0.1) is 6.92 Å². The van der Waals surface area contributed by atoms with Gasteiger partial charge in [0.25, 0.3) is 0 Å². The van der Waals surface area contributed by atoms with E-state index in [1.165, 1.54) is 0 Å². The highest BCUT2D eigenvalue weighted by Gasteiger charge is 2.26. The zero-order valence-electron chi connectivity index (χ0n) is 14.3. The normalized spacial score (nSPS) is 14.3. The van der Waals surface area contributed by atoms with E-state index in [1.807, 2.05) is 49.4 Å². The summed E-state index contributed by atoms with van der Waals surface area (Å²) in [6.45, 7) is 4.76. The summed E-state index contributed by atoms with van der Waals surface area (Å²) in [5.74, 6) is -0.113. The second-order valence-electron chi connectivity index (χ2n) is 6.14. The summed E-state index contributed by atoms with van der Waals surface area (Å²) in [6.07, 6.45) is 1.76. The van der Waals surface area contributed by atoms with Crippen molar-refractivity contribution in [3.63, 3.8) is 0 Å². The fraction of sp³-hybridized carbons (Fsp3) is 0.316. The van der Waals surface area contributed by atoms with Gasteiger partial charge < -0.3 is 15.1 Å². The Kier molecular flexibility index (Phi) is 5.28. The zero-order chi connectivity index (χ0) is 17.6. The van der Waals surface area contributed by atoms with Gasteiger partial charge in [0.15, 0.2) is 0 Å². The van der Waals surface area contributed by atoms with Crippen LogP contribution in [-0.4, -0.2) is 47.9 Å². The van der Waals surface area contributed by atoms with E-state index in [2.05, 4.69) is 15.2 Å². The number of aromatic nitrogens is 1. The lowest BCUT2D eigenvalue weighted by molar-refractivity contribution is -0.146. The largest absolute Gasteiger partial charge is 0.353 e. The maximum absolute atomic E-state index is 12.3. The first-order chi connectivity index (χ1) is 12.1. The molecular formula is C19H22N4O2. The molecule has 0 bridgehead atoms. The Morgan fingerprint density at radius 3 is 2.40 bits per heavy atom.